The molecule has 0 spiro atoms. The number of hydrogen-bond donors (Lipinski definition) is 1. The van der Waals surface area contributed by atoms with Gasteiger partial charge in [0.25, 0.3) is 0 Å². The molecule has 0 atom stereocenters. The van der Waals surface area contributed by atoms with Crippen molar-refractivity contribution in [2.75, 3.05) is 11.9 Å². The van der Waals surface area contributed by atoms with Gasteiger partial charge in [0.15, 0.2) is 0 Å². The minimum Gasteiger partial charge on any atom is -0.493 e. The van der Waals surface area contributed by atoms with Crippen molar-refractivity contribution in [3.8, 4) is 16.9 Å². The smallest absolute Gasteiger partial charge is 0.128 e. The molecule has 0 radical (unpaired) electrons. The summed E-state index contributed by atoms with van der Waals surface area (Å²) in [7, 11) is 0. The van der Waals surface area contributed by atoms with Gasteiger partial charge in [-0.05, 0) is 35.9 Å². The average molecular weight is 355 g/mol. The molecule has 0 amide bonds. The van der Waals surface area contributed by atoms with E-state index in [4.69, 9.17) is 16.3 Å². The van der Waals surface area contributed by atoms with E-state index in [0.717, 1.165) is 28.9 Å². The largest absolute Gasteiger partial charge is 0.493 e. The molecule has 0 unspecified atom stereocenters. The molecule has 0 saturated carbocycles. The van der Waals surface area contributed by atoms with Gasteiger partial charge in [0.1, 0.15) is 17.4 Å². The van der Waals surface area contributed by atoms with E-state index in [9.17, 15) is 4.39 Å². The normalized spacial score (nSPS) is 12.6. The van der Waals surface area contributed by atoms with Crippen LogP contribution < -0.4 is 10.1 Å². The van der Waals surface area contributed by atoms with Gasteiger partial charge in [-0.3, -0.25) is 0 Å². The Morgan fingerprint density at radius 1 is 1.16 bits per heavy atom. The highest BCUT2D eigenvalue weighted by Gasteiger charge is 2.16. The lowest BCUT2D eigenvalue weighted by Gasteiger charge is -2.10. The average Bonchev–Trinajstić information content (AvgIpc) is 3.08. The number of benzene rings is 2. The first-order valence-electron chi connectivity index (χ1n) is 8.09. The lowest BCUT2D eigenvalue weighted by molar-refractivity contribution is 0.357. The molecule has 2 heterocycles. The third kappa shape index (κ3) is 3.30. The molecule has 0 aliphatic carbocycles. The molecule has 126 valence electrons. The number of pyridine rings is 1. The van der Waals surface area contributed by atoms with Crippen LogP contribution in [0.4, 0.5) is 10.2 Å². The van der Waals surface area contributed by atoms with Crippen LogP contribution in [-0.4, -0.2) is 11.6 Å². The number of fused-ring (bicyclic) bond motifs is 1. The molecule has 1 aliphatic heterocycles. The summed E-state index contributed by atoms with van der Waals surface area (Å²) < 4.78 is 19.3. The Kier molecular flexibility index (Phi) is 4.28. The van der Waals surface area contributed by atoms with Crippen molar-refractivity contribution in [1.82, 2.24) is 4.98 Å². The molecule has 0 bridgehead atoms. The van der Waals surface area contributed by atoms with Crippen LogP contribution in [0.2, 0.25) is 5.02 Å². The minimum absolute atomic E-state index is 0.225. The summed E-state index contributed by atoms with van der Waals surface area (Å²) in [4.78, 5) is 4.40. The fraction of sp³-hybridized carbons (Fsp3) is 0.150. The number of halogens is 2. The van der Waals surface area contributed by atoms with Crippen molar-refractivity contribution in [1.29, 1.82) is 0 Å². The van der Waals surface area contributed by atoms with E-state index in [-0.39, 0.29) is 5.82 Å². The van der Waals surface area contributed by atoms with Gasteiger partial charge in [0, 0.05) is 40.9 Å². The molecule has 3 nitrogen and oxygen atoms in total. The first-order valence-corrected chi connectivity index (χ1v) is 8.47. The molecule has 1 N–H and O–H groups in total. The Bertz CT molecular complexity index is 912. The van der Waals surface area contributed by atoms with Crippen molar-refractivity contribution >= 4 is 17.4 Å². The maximum Gasteiger partial charge on any atom is 0.128 e. The fourth-order valence-electron chi connectivity index (χ4n) is 2.90. The molecule has 2 aromatic carbocycles. The number of nitrogens with zero attached hydrogens (tertiary/aromatic N) is 1. The SMILES string of the molecule is Fc1ccccc1CNc1ccc(-c2cc3c(cc2Cl)CCO3)cn1. The van der Waals surface area contributed by atoms with Crippen molar-refractivity contribution in [2.24, 2.45) is 0 Å². The monoisotopic (exact) mass is 354 g/mol. The van der Waals surface area contributed by atoms with E-state index in [0.29, 0.717) is 29.6 Å². The Morgan fingerprint density at radius 2 is 2.04 bits per heavy atom. The van der Waals surface area contributed by atoms with E-state index in [2.05, 4.69) is 10.3 Å². The Hall–Kier alpha value is -2.59. The van der Waals surface area contributed by atoms with Gasteiger partial charge in [-0.1, -0.05) is 29.8 Å². The summed E-state index contributed by atoms with van der Waals surface area (Å²) in [6.45, 7) is 1.08. The van der Waals surface area contributed by atoms with Gasteiger partial charge in [0.2, 0.25) is 0 Å². The number of aromatic nitrogens is 1. The van der Waals surface area contributed by atoms with Gasteiger partial charge in [-0.25, -0.2) is 9.37 Å². The van der Waals surface area contributed by atoms with Crippen molar-refractivity contribution < 1.29 is 9.13 Å². The topological polar surface area (TPSA) is 34.1 Å². The van der Waals surface area contributed by atoms with Gasteiger partial charge < -0.3 is 10.1 Å². The van der Waals surface area contributed by atoms with Crippen molar-refractivity contribution in [3.63, 3.8) is 0 Å². The van der Waals surface area contributed by atoms with Gasteiger partial charge in [-0.2, -0.15) is 0 Å². The molecule has 1 aliphatic rings. The summed E-state index contributed by atoms with van der Waals surface area (Å²) >= 11 is 6.40. The van der Waals surface area contributed by atoms with Crippen LogP contribution in [0.25, 0.3) is 11.1 Å². The van der Waals surface area contributed by atoms with Crippen molar-refractivity contribution in [3.05, 3.63) is 76.7 Å². The van der Waals surface area contributed by atoms with Crippen LogP contribution in [0, 0.1) is 5.82 Å². The predicted molar refractivity (Wildman–Crippen MR) is 97.6 cm³/mol. The van der Waals surface area contributed by atoms with Crippen molar-refractivity contribution in [2.45, 2.75) is 13.0 Å². The Labute approximate surface area is 150 Å². The molecule has 0 fully saturated rings. The van der Waals surface area contributed by atoms with Gasteiger partial charge in [0.05, 0.1) is 6.61 Å². The number of rotatable bonds is 4. The summed E-state index contributed by atoms with van der Waals surface area (Å²) in [5.74, 6) is 1.35. The second kappa shape index (κ2) is 6.73. The molecule has 3 aromatic rings. The zero-order valence-corrected chi connectivity index (χ0v) is 14.2. The molecule has 4 rings (SSSR count). The zero-order valence-electron chi connectivity index (χ0n) is 13.4. The fourth-order valence-corrected chi connectivity index (χ4v) is 3.20. The molecular formula is C20H16ClFN2O. The first kappa shape index (κ1) is 15.9. The van der Waals surface area contributed by atoms with Crippen LogP contribution >= 0.6 is 11.6 Å². The highest BCUT2D eigenvalue weighted by atomic mass is 35.5. The molecule has 0 saturated heterocycles. The van der Waals surface area contributed by atoms with E-state index >= 15 is 0 Å². The third-order valence-corrected chi connectivity index (χ3v) is 4.58. The number of nitrogens with one attached hydrogen (secondary N) is 1. The minimum atomic E-state index is -0.225. The van der Waals surface area contributed by atoms with Crippen LogP contribution in [0.3, 0.4) is 0 Å². The number of hydrogen-bond acceptors (Lipinski definition) is 3. The van der Waals surface area contributed by atoms with Crippen LogP contribution in [0.15, 0.2) is 54.7 Å². The van der Waals surface area contributed by atoms with Crippen LogP contribution in [-0.2, 0) is 13.0 Å². The molecule has 5 heteroatoms. The first-order chi connectivity index (χ1) is 12.2. The lowest BCUT2D eigenvalue weighted by atomic mass is 10.0. The third-order valence-electron chi connectivity index (χ3n) is 4.27. The highest BCUT2D eigenvalue weighted by molar-refractivity contribution is 6.33. The molecule has 1 aromatic heterocycles. The quantitative estimate of drug-likeness (QED) is 0.708. The van der Waals surface area contributed by atoms with Crippen LogP contribution in [0.1, 0.15) is 11.1 Å². The van der Waals surface area contributed by atoms with Gasteiger partial charge >= 0.3 is 0 Å². The lowest BCUT2D eigenvalue weighted by Crippen LogP contribution is -2.03. The maximum absolute atomic E-state index is 13.6. The summed E-state index contributed by atoms with van der Waals surface area (Å²) in [6.07, 6.45) is 2.65. The number of anilines is 1. The molecular weight excluding hydrogens is 339 g/mol. The predicted octanol–water partition coefficient (Wildman–Crippen LogP) is 5.09. The van der Waals surface area contributed by atoms with Crippen LogP contribution in [0.5, 0.6) is 5.75 Å². The highest BCUT2D eigenvalue weighted by Crippen LogP contribution is 2.36. The van der Waals surface area contributed by atoms with Gasteiger partial charge in [-0.15, -0.1) is 0 Å². The summed E-state index contributed by atoms with van der Waals surface area (Å²) in [6, 6.07) is 14.4. The second-order valence-electron chi connectivity index (χ2n) is 5.92. The second-order valence-corrected chi connectivity index (χ2v) is 6.32. The summed E-state index contributed by atoms with van der Waals surface area (Å²) in [5.41, 5.74) is 3.56. The Balaban J connectivity index is 1.52. The van der Waals surface area contributed by atoms with E-state index in [1.165, 1.54) is 6.07 Å². The maximum atomic E-state index is 13.6. The van der Waals surface area contributed by atoms with E-state index in [1.807, 2.05) is 30.3 Å². The Morgan fingerprint density at radius 3 is 2.84 bits per heavy atom. The zero-order chi connectivity index (χ0) is 17.2. The van der Waals surface area contributed by atoms with E-state index in [1.54, 1.807) is 18.3 Å². The standard InChI is InChI=1S/C20H16ClFN2O/c21-17-9-13-7-8-25-19(13)10-16(17)14-5-6-20(23-11-14)24-12-15-3-1-2-4-18(15)22/h1-6,9-11H,7-8,12H2,(H,23,24). The molecule has 25 heavy (non-hydrogen) atoms. The van der Waals surface area contributed by atoms with E-state index < -0.39 is 0 Å². The summed E-state index contributed by atoms with van der Waals surface area (Å²) in [5, 5.41) is 3.82. The number of ether oxygens (including phenoxy) is 1.